The molecule has 1 amide bonds. The first-order chi connectivity index (χ1) is 18.2. The lowest BCUT2D eigenvalue weighted by molar-refractivity contribution is -0.141. The lowest BCUT2D eigenvalue weighted by Gasteiger charge is -2.34. The van der Waals surface area contributed by atoms with Crippen LogP contribution in [-0.4, -0.2) is 49.2 Å². The summed E-state index contributed by atoms with van der Waals surface area (Å²) in [5, 5.41) is 3.81. The average Bonchev–Trinajstić information content (AvgIpc) is 3.58. The van der Waals surface area contributed by atoms with Crippen molar-refractivity contribution in [3.8, 4) is 16.9 Å². The predicted molar refractivity (Wildman–Crippen MR) is 136 cm³/mol. The number of carbonyl (C=O) groups excluding carboxylic acids is 1. The predicted octanol–water partition coefficient (Wildman–Crippen LogP) is 5.31. The molecule has 1 aliphatic heterocycles. The van der Waals surface area contributed by atoms with E-state index in [4.69, 9.17) is 4.74 Å². The number of amides is 1. The average molecular weight is 527 g/mol. The van der Waals surface area contributed by atoms with E-state index < -0.39 is 11.9 Å². The van der Waals surface area contributed by atoms with Crippen molar-refractivity contribution in [1.82, 2.24) is 29.6 Å². The molecule has 200 valence electrons. The van der Waals surface area contributed by atoms with Gasteiger partial charge < -0.3 is 14.6 Å². The first-order valence-corrected chi connectivity index (χ1v) is 12.3. The molecule has 38 heavy (non-hydrogen) atoms. The number of nitrogens with one attached hydrogen (secondary N) is 1. The van der Waals surface area contributed by atoms with Crippen molar-refractivity contribution in [3.05, 3.63) is 83.0 Å². The monoisotopic (exact) mass is 526 g/mol. The zero-order valence-corrected chi connectivity index (χ0v) is 21.2. The van der Waals surface area contributed by atoms with Gasteiger partial charge in [0.1, 0.15) is 11.6 Å². The molecule has 0 fully saturated rings. The van der Waals surface area contributed by atoms with Crippen LogP contribution < -0.4 is 4.74 Å². The lowest BCUT2D eigenvalue weighted by Crippen LogP contribution is -2.40. The summed E-state index contributed by atoms with van der Waals surface area (Å²) in [6.07, 6.45) is 2.40. The molecule has 8 nitrogen and oxygen atoms in total. The Balaban J connectivity index is 0.00000353. The van der Waals surface area contributed by atoms with Crippen molar-refractivity contribution in [2.24, 2.45) is 0 Å². The van der Waals surface area contributed by atoms with Gasteiger partial charge in [0.25, 0.3) is 5.91 Å². The molecule has 1 atom stereocenters. The third-order valence-electron chi connectivity index (χ3n) is 6.86. The van der Waals surface area contributed by atoms with Crippen LogP contribution in [0.25, 0.3) is 11.1 Å². The largest absolute Gasteiger partial charge is 0.497 e. The van der Waals surface area contributed by atoms with Crippen LogP contribution in [0.1, 0.15) is 60.0 Å². The number of aromatic nitrogens is 5. The number of methoxy groups -OCH3 is 1. The van der Waals surface area contributed by atoms with Gasteiger partial charge >= 0.3 is 6.18 Å². The SMILES string of the molecule is CCn1cc(-c2cc(Cc3ncc[nH]3)cc3c2CCN([C@@H](C)c2cc(OC)ccn2)C3=O)c(C(F)(F)F)n1.[HH]. The fraction of sp³-hybridized carbons (Fsp3) is 0.333. The van der Waals surface area contributed by atoms with E-state index in [0.29, 0.717) is 58.9 Å². The third kappa shape index (κ3) is 4.75. The number of rotatable bonds is 7. The van der Waals surface area contributed by atoms with E-state index in [-0.39, 0.29) is 25.5 Å². The quantitative estimate of drug-likeness (QED) is 0.353. The maximum atomic E-state index is 14.0. The Bertz CT molecular complexity index is 1470. The van der Waals surface area contributed by atoms with E-state index in [9.17, 15) is 18.0 Å². The van der Waals surface area contributed by atoms with E-state index in [1.54, 1.807) is 61.8 Å². The smallest absolute Gasteiger partial charge is 0.435 e. The molecule has 0 radical (unpaired) electrons. The summed E-state index contributed by atoms with van der Waals surface area (Å²) in [6, 6.07) is 6.63. The second-order valence-electron chi connectivity index (χ2n) is 9.17. The molecular formula is C27H29F3N6O2. The number of imidazole rings is 1. The summed E-state index contributed by atoms with van der Waals surface area (Å²) in [6.45, 7) is 4.23. The van der Waals surface area contributed by atoms with Crippen LogP contribution in [0.5, 0.6) is 5.75 Å². The van der Waals surface area contributed by atoms with Crippen molar-refractivity contribution in [3.63, 3.8) is 0 Å². The highest BCUT2D eigenvalue weighted by Crippen LogP contribution is 2.41. The molecule has 4 aromatic rings. The molecule has 0 bridgehead atoms. The van der Waals surface area contributed by atoms with Crippen molar-refractivity contribution in [2.45, 2.75) is 45.5 Å². The van der Waals surface area contributed by atoms with Crippen LogP contribution in [-0.2, 0) is 25.6 Å². The second-order valence-corrected chi connectivity index (χ2v) is 9.17. The Morgan fingerprint density at radius 3 is 2.63 bits per heavy atom. The number of nitrogens with zero attached hydrogens (tertiary/aromatic N) is 5. The maximum Gasteiger partial charge on any atom is 0.435 e. The number of hydrogen-bond donors (Lipinski definition) is 1. The molecule has 5 rings (SSSR count). The number of fused-ring (bicyclic) bond motifs is 1. The van der Waals surface area contributed by atoms with Gasteiger partial charge in [-0.3, -0.25) is 14.5 Å². The Kier molecular flexibility index (Phi) is 6.68. The van der Waals surface area contributed by atoms with Gasteiger partial charge in [0, 0.05) is 62.9 Å². The van der Waals surface area contributed by atoms with Crippen molar-refractivity contribution >= 4 is 5.91 Å². The van der Waals surface area contributed by atoms with E-state index in [1.165, 1.54) is 10.9 Å². The van der Waals surface area contributed by atoms with E-state index in [1.807, 2.05) is 6.92 Å². The summed E-state index contributed by atoms with van der Waals surface area (Å²) in [5.74, 6) is 1.01. The third-order valence-corrected chi connectivity index (χ3v) is 6.86. The highest BCUT2D eigenvalue weighted by Gasteiger charge is 2.39. The number of pyridine rings is 1. The molecular weight excluding hydrogens is 497 g/mol. The molecule has 0 unspecified atom stereocenters. The van der Waals surface area contributed by atoms with Gasteiger partial charge in [0.2, 0.25) is 0 Å². The first kappa shape index (κ1) is 25.5. The topological polar surface area (TPSA) is 88.9 Å². The number of aryl methyl sites for hydroxylation is 1. The summed E-state index contributed by atoms with van der Waals surface area (Å²) < 4.78 is 48.7. The van der Waals surface area contributed by atoms with Gasteiger partial charge in [0.15, 0.2) is 5.69 Å². The standard InChI is InChI=1S/C27H27F3N6O2.H2/c1-4-35-15-22(25(34-35)27(28,29)30)20-11-17(13-24-32-8-9-33-24)12-21-19(20)6-10-36(26(21)37)16(2)23-14-18(38-3)5-7-31-23;/h5,7-9,11-12,14-16H,4,6,10,13H2,1-3H3,(H,32,33);1H/t16-;/m0./s1. The summed E-state index contributed by atoms with van der Waals surface area (Å²) in [5.41, 5.74) is 1.69. The summed E-state index contributed by atoms with van der Waals surface area (Å²) in [7, 11) is 1.56. The number of aromatic amines is 1. The van der Waals surface area contributed by atoms with Gasteiger partial charge in [0.05, 0.1) is 18.8 Å². The number of alkyl halides is 3. The Labute approximate surface area is 219 Å². The second kappa shape index (κ2) is 9.96. The molecule has 4 heterocycles. The van der Waals surface area contributed by atoms with Crippen LogP contribution in [0.4, 0.5) is 13.2 Å². The Morgan fingerprint density at radius 1 is 1.16 bits per heavy atom. The van der Waals surface area contributed by atoms with Crippen molar-refractivity contribution < 1.29 is 24.1 Å². The fourth-order valence-corrected chi connectivity index (χ4v) is 4.91. The Morgan fingerprint density at radius 2 is 1.95 bits per heavy atom. The van der Waals surface area contributed by atoms with E-state index >= 15 is 0 Å². The van der Waals surface area contributed by atoms with E-state index in [2.05, 4.69) is 20.1 Å². The highest BCUT2D eigenvalue weighted by molar-refractivity contribution is 5.99. The molecule has 1 N–H and O–H groups in total. The van der Waals surface area contributed by atoms with Crippen LogP contribution in [0.3, 0.4) is 0 Å². The maximum absolute atomic E-state index is 14.0. The van der Waals surface area contributed by atoms with Crippen LogP contribution in [0.2, 0.25) is 0 Å². The van der Waals surface area contributed by atoms with Gasteiger partial charge in [-0.1, -0.05) is 6.07 Å². The number of H-pyrrole nitrogens is 1. The molecule has 11 heteroatoms. The summed E-state index contributed by atoms with van der Waals surface area (Å²) in [4.78, 5) is 27.3. The first-order valence-electron chi connectivity index (χ1n) is 12.3. The van der Waals surface area contributed by atoms with Crippen LogP contribution >= 0.6 is 0 Å². The molecule has 0 aliphatic carbocycles. The fourth-order valence-electron chi connectivity index (χ4n) is 4.91. The van der Waals surface area contributed by atoms with Gasteiger partial charge in [-0.15, -0.1) is 0 Å². The summed E-state index contributed by atoms with van der Waals surface area (Å²) >= 11 is 0. The van der Waals surface area contributed by atoms with Gasteiger partial charge in [-0.25, -0.2) is 4.98 Å². The van der Waals surface area contributed by atoms with Crippen molar-refractivity contribution in [1.29, 1.82) is 0 Å². The zero-order valence-electron chi connectivity index (χ0n) is 21.2. The van der Waals surface area contributed by atoms with Crippen LogP contribution in [0.15, 0.2) is 49.1 Å². The minimum Gasteiger partial charge on any atom is -0.497 e. The van der Waals surface area contributed by atoms with Gasteiger partial charge in [-0.2, -0.15) is 18.3 Å². The number of hydrogen-bond acceptors (Lipinski definition) is 5. The van der Waals surface area contributed by atoms with Crippen molar-refractivity contribution in [2.75, 3.05) is 13.7 Å². The van der Waals surface area contributed by atoms with Gasteiger partial charge in [-0.05, 0) is 49.1 Å². The molecule has 0 spiro atoms. The molecule has 0 saturated carbocycles. The number of benzene rings is 1. The Hall–Kier alpha value is -4.15. The molecule has 1 aromatic carbocycles. The minimum absolute atomic E-state index is 0. The molecule has 0 saturated heterocycles. The number of carbonyl (C=O) groups is 1. The lowest BCUT2D eigenvalue weighted by atomic mass is 9.87. The highest BCUT2D eigenvalue weighted by atomic mass is 19.4. The normalized spacial score (nSPS) is 14.5. The molecule has 1 aliphatic rings. The minimum atomic E-state index is -4.64. The molecule has 3 aromatic heterocycles. The zero-order chi connectivity index (χ0) is 27.0. The van der Waals surface area contributed by atoms with Crippen LogP contribution in [0, 0.1) is 0 Å². The van der Waals surface area contributed by atoms with E-state index in [0.717, 1.165) is 0 Å². The number of ether oxygens (including phenoxy) is 1. The number of halogens is 3.